The molecule has 1 heterocycles. The third-order valence-corrected chi connectivity index (χ3v) is 3.97. The Hall–Kier alpha value is -1.79. The predicted octanol–water partition coefficient (Wildman–Crippen LogP) is -2.95. The van der Waals surface area contributed by atoms with Gasteiger partial charge in [-0.25, -0.2) is 4.79 Å². The number of ether oxygens (including phenoxy) is 1. The van der Waals surface area contributed by atoms with Crippen molar-refractivity contribution in [3.8, 4) is 0 Å². The summed E-state index contributed by atoms with van der Waals surface area (Å²) < 4.78 is 5.19. The molecule has 0 spiro atoms. The molecule has 1 unspecified atom stereocenters. The molecule has 1 aliphatic heterocycles. The maximum atomic E-state index is 12.0. The molecule has 7 N–H and O–H groups in total. The van der Waals surface area contributed by atoms with Crippen molar-refractivity contribution in [3.05, 3.63) is 0 Å². The molecule has 1 rings (SSSR count). The minimum atomic E-state index is -2.76. The second-order valence-corrected chi connectivity index (χ2v) is 6.56. The van der Waals surface area contributed by atoms with E-state index in [1.54, 1.807) is 0 Å². The molecule has 0 aromatic rings. The molecule has 150 valence electrons. The van der Waals surface area contributed by atoms with Crippen molar-refractivity contribution in [2.75, 3.05) is 0 Å². The average Bonchev–Trinajstić information content (AvgIpc) is 2.46. The predicted molar refractivity (Wildman–Crippen MR) is 85.6 cm³/mol. The van der Waals surface area contributed by atoms with E-state index in [4.69, 9.17) is 9.84 Å². The minimum Gasteiger partial charge on any atom is -0.477 e. The summed E-state index contributed by atoms with van der Waals surface area (Å²) >= 11 is 0. The van der Waals surface area contributed by atoms with E-state index in [1.807, 2.05) is 0 Å². The van der Waals surface area contributed by atoms with Gasteiger partial charge in [0.2, 0.25) is 11.8 Å². The summed E-state index contributed by atoms with van der Waals surface area (Å²) in [4.78, 5) is 34.7. The van der Waals surface area contributed by atoms with Gasteiger partial charge in [0.25, 0.3) is 5.79 Å². The largest absolute Gasteiger partial charge is 0.477 e. The number of nitrogens with one attached hydrogen (secondary N) is 2. The lowest BCUT2D eigenvalue weighted by atomic mass is 9.87. The van der Waals surface area contributed by atoms with Crippen molar-refractivity contribution in [1.29, 1.82) is 0 Å². The van der Waals surface area contributed by atoms with Gasteiger partial charge in [0.05, 0.1) is 36.8 Å². The first-order valence-electron chi connectivity index (χ1n) is 8.11. The molecule has 0 saturated carbocycles. The molecule has 0 aromatic heterocycles. The summed E-state index contributed by atoms with van der Waals surface area (Å²) in [7, 11) is 0. The molecule has 0 radical (unpaired) electrons. The molecule has 11 nitrogen and oxygen atoms in total. The fraction of sp³-hybridized carbons (Fsp3) is 0.800. The zero-order chi connectivity index (χ0) is 20.2. The standard InChI is InChI=1S/C15H26N2O9/c1-6(18)4-10(22)17-11(7(2)19)13-12(16-8(3)20)9(21)5-15(25,26-13)14(23)24/h6-7,9,11-13,18-19,21,25H,4-5H2,1-3H3,(H,16,20)(H,17,22)(H,23,24)/t6-,7+,9+,11?,12+,13-,15+/m1/s1. The summed E-state index contributed by atoms with van der Waals surface area (Å²) in [5.41, 5.74) is 0. The van der Waals surface area contributed by atoms with Gasteiger partial charge in [-0.15, -0.1) is 0 Å². The molecule has 1 aliphatic rings. The number of hydrogen-bond donors (Lipinski definition) is 7. The average molecular weight is 378 g/mol. The molecule has 1 saturated heterocycles. The van der Waals surface area contributed by atoms with Gasteiger partial charge in [-0.3, -0.25) is 9.59 Å². The monoisotopic (exact) mass is 378 g/mol. The highest BCUT2D eigenvalue weighted by atomic mass is 16.7. The lowest BCUT2D eigenvalue weighted by Gasteiger charge is -2.46. The van der Waals surface area contributed by atoms with Gasteiger partial charge in [0.15, 0.2) is 0 Å². The quantitative estimate of drug-likeness (QED) is 0.243. The lowest BCUT2D eigenvalue weighted by molar-refractivity contribution is -0.283. The Morgan fingerprint density at radius 2 is 1.85 bits per heavy atom. The number of aliphatic hydroxyl groups is 4. The van der Waals surface area contributed by atoms with Gasteiger partial charge in [0.1, 0.15) is 6.10 Å². The van der Waals surface area contributed by atoms with Gasteiger partial charge >= 0.3 is 5.97 Å². The molecule has 0 aliphatic carbocycles. The van der Waals surface area contributed by atoms with Gasteiger partial charge in [-0.05, 0) is 13.8 Å². The molecular formula is C15H26N2O9. The van der Waals surface area contributed by atoms with Crippen molar-refractivity contribution in [3.63, 3.8) is 0 Å². The van der Waals surface area contributed by atoms with Crippen molar-refractivity contribution >= 4 is 17.8 Å². The third-order valence-electron chi connectivity index (χ3n) is 3.97. The fourth-order valence-electron chi connectivity index (χ4n) is 2.81. The van der Waals surface area contributed by atoms with Crippen LogP contribution in [0.2, 0.25) is 0 Å². The van der Waals surface area contributed by atoms with Crippen molar-refractivity contribution in [1.82, 2.24) is 10.6 Å². The number of carboxylic acids is 1. The number of carbonyl (C=O) groups is 3. The van der Waals surface area contributed by atoms with Crippen LogP contribution in [0, 0.1) is 0 Å². The van der Waals surface area contributed by atoms with Gasteiger partial charge in [-0.2, -0.15) is 0 Å². The van der Waals surface area contributed by atoms with Crippen LogP contribution in [0.3, 0.4) is 0 Å². The van der Waals surface area contributed by atoms with Crippen LogP contribution in [0.5, 0.6) is 0 Å². The fourth-order valence-corrected chi connectivity index (χ4v) is 2.81. The lowest BCUT2D eigenvalue weighted by Crippen LogP contribution is -2.69. The van der Waals surface area contributed by atoms with E-state index in [-0.39, 0.29) is 6.42 Å². The molecule has 2 amide bonds. The number of amides is 2. The van der Waals surface area contributed by atoms with E-state index in [0.717, 1.165) is 6.92 Å². The number of rotatable bonds is 7. The first kappa shape index (κ1) is 22.3. The highest BCUT2D eigenvalue weighted by molar-refractivity contribution is 5.77. The van der Waals surface area contributed by atoms with Crippen LogP contribution in [0.1, 0.15) is 33.6 Å². The van der Waals surface area contributed by atoms with Crippen LogP contribution in [0.25, 0.3) is 0 Å². The number of hydrogen-bond acceptors (Lipinski definition) is 8. The summed E-state index contributed by atoms with van der Waals surface area (Å²) in [5, 5.41) is 53.6. The minimum absolute atomic E-state index is 0.299. The van der Waals surface area contributed by atoms with Crippen LogP contribution >= 0.6 is 0 Å². The molecule has 1 fully saturated rings. The topological polar surface area (TPSA) is 186 Å². The molecule has 26 heavy (non-hydrogen) atoms. The van der Waals surface area contributed by atoms with Gasteiger partial charge in [-0.1, -0.05) is 0 Å². The highest BCUT2D eigenvalue weighted by Gasteiger charge is 2.54. The third kappa shape index (κ3) is 5.61. The number of carboxylic acid groups (broad SMARTS) is 1. The van der Waals surface area contributed by atoms with Crippen LogP contribution in [0.4, 0.5) is 0 Å². The first-order chi connectivity index (χ1) is 11.9. The Balaban J connectivity index is 3.18. The second kappa shape index (κ2) is 8.73. The molecule has 0 aromatic carbocycles. The SMILES string of the molecule is CC(=O)N[C@@H]1[C@@H](C(NC(=O)C[C@@H](C)O)[C@H](C)O)O[C@](O)(C(=O)O)C[C@@H]1O. The van der Waals surface area contributed by atoms with Crippen molar-refractivity contribution < 1.29 is 44.7 Å². The summed E-state index contributed by atoms with van der Waals surface area (Å²) in [6.45, 7) is 3.81. The van der Waals surface area contributed by atoms with Crippen LogP contribution in [-0.4, -0.2) is 85.6 Å². The number of aliphatic carboxylic acids is 1. The molecular weight excluding hydrogens is 352 g/mol. The zero-order valence-corrected chi connectivity index (χ0v) is 14.7. The van der Waals surface area contributed by atoms with E-state index < -0.39 is 66.5 Å². The van der Waals surface area contributed by atoms with Crippen LogP contribution in [-0.2, 0) is 19.1 Å². The van der Waals surface area contributed by atoms with E-state index in [0.29, 0.717) is 0 Å². The second-order valence-electron chi connectivity index (χ2n) is 6.56. The van der Waals surface area contributed by atoms with Gasteiger partial charge in [0, 0.05) is 13.3 Å². The number of carbonyl (C=O) groups excluding carboxylic acids is 2. The number of aliphatic hydroxyl groups excluding tert-OH is 3. The highest BCUT2D eigenvalue weighted by Crippen LogP contribution is 2.30. The first-order valence-corrected chi connectivity index (χ1v) is 8.11. The van der Waals surface area contributed by atoms with Crippen LogP contribution < -0.4 is 10.6 Å². The summed E-state index contributed by atoms with van der Waals surface area (Å²) in [6.07, 6.45) is -6.26. The Bertz CT molecular complexity index is 539. The van der Waals surface area contributed by atoms with E-state index in [1.165, 1.54) is 13.8 Å². The van der Waals surface area contributed by atoms with Gasteiger partial charge < -0.3 is 40.9 Å². The van der Waals surface area contributed by atoms with E-state index in [9.17, 15) is 34.8 Å². The summed E-state index contributed by atoms with van der Waals surface area (Å²) in [5.74, 6) is -5.76. The zero-order valence-electron chi connectivity index (χ0n) is 14.7. The molecule has 0 bridgehead atoms. The maximum absolute atomic E-state index is 12.0. The van der Waals surface area contributed by atoms with Crippen molar-refractivity contribution in [2.45, 2.75) is 75.9 Å². The van der Waals surface area contributed by atoms with E-state index in [2.05, 4.69) is 10.6 Å². The Morgan fingerprint density at radius 3 is 2.27 bits per heavy atom. The normalized spacial score (nSPS) is 32.2. The molecule has 7 atom stereocenters. The summed E-state index contributed by atoms with van der Waals surface area (Å²) in [6, 6.07) is -2.47. The van der Waals surface area contributed by atoms with Crippen LogP contribution in [0.15, 0.2) is 0 Å². The molecule has 11 heteroatoms. The Labute approximate surface area is 150 Å². The smallest absolute Gasteiger partial charge is 0.364 e. The maximum Gasteiger partial charge on any atom is 0.364 e. The Kier molecular flexibility index (Phi) is 7.47. The Morgan fingerprint density at radius 1 is 1.27 bits per heavy atom. The van der Waals surface area contributed by atoms with Crippen molar-refractivity contribution in [2.24, 2.45) is 0 Å². The van der Waals surface area contributed by atoms with E-state index >= 15 is 0 Å².